The van der Waals surface area contributed by atoms with Gasteiger partial charge in [-0.05, 0) is 70.4 Å². The first kappa shape index (κ1) is 24.3. The van der Waals surface area contributed by atoms with E-state index in [1.165, 1.54) is 0 Å². The molecule has 0 aliphatic carbocycles. The van der Waals surface area contributed by atoms with Crippen LogP contribution in [0.2, 0.25) is 0 Å². The summed E-state index contributed by atoms with van der Waals surface area (Å²) >= 11 is 0. The molecular formula is C26H32N2O5. The number of nitrogens with zero attached hydrogens (tertiary/aromatic N) is 1. The Bertz CT molecular complexity index is 1020. The molecule has 1 atom stereocenters. The lowest BCUT2D eigenvalue weighted by atomic mass is 10.1. The number of alkyl carbamates (subject to hydrolysis) is 1. The van der Waals surface area contributed by atoms with Crippen LogP contribution in [0.5, 0.6) is 5.75 Å². The van der Waals surface area contributed by atoms with E-state index in [1.54, 1.807) is 20.8 Å². The van der Waals surface area contributed by atoms with Gasteiger partial charge < -0.3 is 19.0 Å². The molecule has 3 aromatic rings. The number of hydrogen-bond donors (Lipinski definition) is 2. The van der Waals surface area contributed by atoms with E-state index in [9.17, 15) is 9.90 Å². The lowest BCUT2D eigenvalue weighted by Crippen LogP contribution is -2.39. The summed E-state index contributed by atoms with van der Waals surface area (Å²) in [6.07, 6.45) is 0.0397. The Morgan fingerprint density at radius 2 is 1.79 bits per heavy atom. The van der Waals surface area contributed by atoms with E-state index in [0.717, 1.165) is 28.3 Å². The predicted octanol–water partition coefficient (Wildman–Crippen LogP) is 5.05. The molecule has 0 bridgehead atoms. The van der Waals surface area contributed by atoms with Gasteiger partial charge in [0.1, 0.15) is 23.3 Å². The van der Waals surface area contributed by atoms with Crippen molar-refractivity contribution < 1.29 is 23.8 Å². The molecule has 0 aliphatic heterocycles. The summed E-state index contributed by atoms with van der Waals surface area (Å²) in [6, 6.07) is 17.5. The zero-order valence-electron chi connectivity index (χ0n) is 19.6. The Labute approximate surface area is 194 Å². The van der Waals surface area contributed by atoms with E-state index in [4.69, 9.17) is 13.9 Å². The second-order valence-electron chi connectivity index (χ2n) is 8.83. The quantitative estimate of drug-likeness (QED) is 0.442. The SMILES string of the molecule is Cc1oc(-c2ccccc2)nc1CCOc1ccc(CCC(O)NC(=O)OC(C)(C)C)cc1. The molecule has 1 amide bonds. The molecular weight excluding hydrogens is 420 g/mol. The van der Waals surface area contributed by atoms with Crippen LogP contribution in [0, 0.1) is 6.92 Å². The first-order chi connectivity index (χ1) is 15.7. The normalized spacial score (nSPS) is 12.3. The van der Waals surface area contributed by atoms with Crippen LogP contribution in [0.25, 0.3) is 11.5 Å². The van der Waals surface area contributed by atoms with E-state index < -0.39 is 17.9 Å². The summed E-state index contributed by atoms with van der Waals surface area (Å²) in [5, 5.41) is 12.4. The van der Waals surface area contributed by atoms with Crippen molar-refractivity contribution in [3.63, 3.8) is 0 Å². The smallest absolute Gasteiger partial charge is 0.409 e. The number of benzene rings is 2. The third-order valence-corrected chi connectivity index (χ3v) is 4.83. The van der Waals surface area contributed by atoms with Crippen molar-refractivity contribution in [3.8, 4) is 17.2 Å². The second-order valence-corrected chi connectivity index (χ2v) is 8.83. The molecule has 1 aromatic heterocycles. The molecule has 2 N–H and O–H groups in total. The van der Waals surface area contributed by atoms with Gasteiger partial charge in [0.15, 0.2) is 0 Å². The summed E-state index contributed by atoms with van der Waals surface area (Å²) in [4.78, 5) is 16.3. The van der Waals surface area contributed by atoms with Crippen molar-refractivity contribution in [3.05, 3.63) is 71.6 Å². The molecule has 7 heteroatoms. The van der Waals surface area contributed by atoms with Crippen LogP contribution < -0.4 is 10.1 Å². The van der Waals surface area contributed by atoms with Crippen molar-refractivity contribution >= 4 is 6.09 Å². The molecule has 1 unspecified atom stereocenters. The number of oxazole rings is 1. The van der Waals surface area contributed by atoms with Crippen LogP contribution in [0.15, 0.2) is 59.0 Å². The van der Waals surface area contributed by atoms with Gasteiger partial charge in [-0.3, -0.25) is 5.32 Å². The molecule has 0 spiro atoms. The highest BCUT2D eigenvalue weighted by Crippen LogP contribution is 2.22. The minimum atomic E-state index is -0.970. The van der Waals surface area contributed by atoms with Crippen molar-refractivity contribution in [2.24, 2.45) is 0 Å². The minimum Gasteiger partial charge on any atom is -0.493 e. The largest absolute Gasteiger partial charge is 0.493 e. The lowest BCUT2D eigenvalue weighted by Gasteiger charge is -2.21. The number of aromatic nitrogens is 1. The highest BCUT2D eigenvalue weighted by Gasteiger charge is 2.18. The van der Waals surface area contributed by atoms with Gasteiger partial charge in [0, 0.05) is 12.0 Å². The monoisotopic (exact) mass is 452 g/mol. The minimum absolute atomic E-state index is 0.384. The number of rotatable bonds is 9. The van der Waals surface area contributed by atoms with Crippen molar-refractivity contribution in [1.29, 1.82) is 0 Å². The molecule has 0 radical (unpaired) electrons. The molecule has 33 heavy (non-hydrogen) atoms. The summed E-state index contributed by atoms with van der Waals surface area (Å²) in [5.41, 5.74) is 2.27. The average molecular weight is 453 g/mol. The predicted molar refractivity (Wildman–Crippen MR) is 126 cm³/mol. The van der Waals surface area contributed by atoms with Crippen LogP contribution in [-0.2, 0) is 17.6 Å². The summed E-state index contributed by atoms with van der Waals surface area (Å²) in [7, 11) is 0. The van der Waals surface area contributed by atoms with Crippen LogP contribution in [-0.4, -0.2) is 34.6 Å². The maximum absolute atomic E-state index is 11.7. The number of aliphatic hydroxyl groups is 1. The maximum atomic E-state index is 11.7. The van der Waals surface area contributed by atoms with Crippen molar-refractivity contribution in [2.45, 2.75) is 58.8 Å². The van der Waals surface area contributed by atoms with Gasteiger partial charge in [0.2, 0.25) is 5.89 Å². The molecule has 2 aromatic carbocycles. The number of hydrogen-bond acceptors (Lipinski definition) is 6. The number of amides is 1. The van der Waals surface area contributed by atoms with E-state index in [1.807, 2.05) is 61.5 Å². The van der Waals surface area contributed by atoms with Gasteiger partial charge in [-0.25, -0.2) is 9.78 Å². The number of carbonyl (C=O) groups is 1. The summed E-state index contributed by atoms with van der Waals surface area (Å²) in [5.74, 6) is 2.18. The van der Waals surface area contributed by atoms with Gasteiger partial charge in [-0.15, -0.1) is 0 Å². The van der Waals surface area contributed by atoms with Crippen LogP contribution in [0.3, 0.4) is 0 Å². The Kier molecular flexibility index (Phi) is 8.11. The van der Waals surface area contributed by atoms with E-state index in [2.05, 4.69) is 10.3 Å². The zero-order chi connectivity index (χ0) is 23.8. The topological polar surface area (TPSA) is 93.8 Å². The number of carbonyl (C=O) groups excluding carboxylic acids is 1. The fourth-order valence-electron chi connectivity index (χ4n) is 3.20. The zero-order valence-corrected chi connectivity index (χ0v) is 19.6. The fraction of sp³-hybridized carbons (Fsp3) is 0.385. The molecule has 3 rings (SSSR count). The van der Waals surface area contributed by atoms with Crippen LogP contribution >= 0.6 is 0 Å². The molecule has 0 aliphatic rings. The first-order valence-corrected chi connectivity index (χ1v) is 11.1. The molecule has 176 valence electrons. The van der Waals surface area contributed by atoms with Crippen LogP contribution in [0.1, 0.15) is 44.2 Å². The Morgan fingerprint density at radius 1 is 1.09 bits per heavy atom. The Hall–Kier alpha value is -3.32. The Balaban J connectivity index is 1.42. The number of aryl methyl sites for hydroxylation is 2. The second kappa shape index (κ2) is 11.0. The lowest BCUT2D eigenvalue weighted by molar-refractivity contribution is 0.0345. The van der Waals surface area contributed by atoms with Crippen molar-refractivity contribution in [1.82, 2.24) is 10.3 Å². The molecule has 1 heterocycles. The summed E-state index contributed by atoms with van der Waals surface area (Å²) in [6.45, 7) is 7.72. The number of ether oxygens (including phenoxy) is 2. The fourth-order valence-corrected chi connectivity index (χ4v) is 3.20. The maximum Gasteiger partial charge on any atom is 0.409 e. The van der Waals surface area contributed by atoms with Crippen LogP contribution in [0.4, 0.5) is 4.79 Å². The molecule has 0 fully saturated rings. The number of aliphatic hydroxyl groups excluding tert-OH is 1. The standard InChI is InChI=1S/C26H32N2O5/c1-18-22(27-24(32-18)20-8-6-5-7-9-20)16-17-31-21-13-10-19(11-14-21)12-15-23(29)28-25(30)33-26(2,3)4/h5-11,13-14,23,29H,12,15-17H2,1-4H3,(H,28,30). The van der Waals surface area contributed by atoms with Gasteiger partial charge in [-0.1, -0.05) is 30.3 Å². The highest BCUT2D eigenvalue weighted by atomic mass is 16.6. The van der Waals surface area contributed by atoms with E-state index in [-0.39, 0.29) is 0 Å². The molecule has 0 saturated heterocycles. The van der Waals surface area contributed by atoms with Gasteiger partial charge in [-0.2, -0.15) is 0 Å². The van der Waals surface area contributed by atoms with Gasteiger partial charge in [0.25, 0.3) is 0 Å². The first-order valence-electron chi connectivity index (χ1n) is 11.1. The molecule has 0 saturated carbocycles. The van der Waals surface area contributed by atoms with Gasteiger partial charge >= 0.3 is 6.09 Å². The number of nitrogens with one attached hydrogen (secondary N) is 1. The van der Waals surface area contributed by atoms with E-state index >= 15 is 0 Å². The highest BCUT2D eigenvalue weighted by molar-refractivity contribution is 5.67. The third-order valence-electron chi connectivity index (χ3n) is 4.83. The summed E-state index contributed by atoms with van der Waals surface area (Å²) < 4.78 is 16.8. The van der Waals surface area contributed by atoms with Crippen molar-refractivity contribution in [2.75, 3.05) is 6.61 Å². The average Bonchev–Trinajstić information content (AvgIpc) is 3.13. The van der Waals surface area contributed by atoms with Gasteiger partial charge in [0.05, 0.1) is 12.3 Å². The third kappa shape index (κ3) is 7.95. The Morgan fingerprint density at radius 3 is 2.45 bits per heavy atom. The van der Waals surface area contributed by atoms with E-state index in [0.29, 0.717) is 31.8 Å². The molecule has 7 nitrogen and oxygen atoms in total.